The Morgan fingerprint density at radius 3 is 2.62 bits per heavy atom. The third-order valence-electron chi connectivity index (χ3n) is 2.00. The van der Waals surface area contributed by atoms with E-state index in [-0.39, 0.29) is 12.3 Å². The summed E-state index contributed by atoms with van der Waals surface area (Å²) in [6, 6.07) is 8.42. The van der Waals surface area contributed by atoms with Crippen LogP contribution in [-0.4, -0.2) is 22.5 Å². The number of azide groups is 1. The Morgan fingerprint density at radius 2 is 2.12 bits per heavy atom. The maximum Gasteiger partial charge on any atom is 0.174 e. The molecule has 1 aromatic rings. The first-order valence-electron chi connectivity index (χ1n) is 4.49. The lowest BCUT2D eigenvalue weighted by molar-refractivity contribution is 0.0952. The fourth-order valence-electron chi connectivity index (χ4n) is 1.19. The van der Waals surface area contributed by atoms with E-state index in [0.717, 1.165) is 0 Å². The smallest absolute Gasteiger partial charge is 0.174 e. The highest BCUT2D eigenvalue weighted by Crippen LogP contribution is 2.11. The molecule has 0 aromatic heterocycles. The molecule has 0 heterocycles. The molecule has 0 fully saturated rings. The zero-order valence-corrected chi connectivity index (χ0v) is 9.09. The molecule has 0 aliphatic carbocycles. The monoisotopic (exact) mass is 235 g/mol. The SMILES string of the molecule is [N-]=[N+]=NCC(C(=O)c1ccccc1)C(O)=S. The van der Waals surface area contributed by atoms with Crippen molar-refractivity contribution < 1.29 is 9.90 Å². The van der Waals surface area contributed by atoms with E-state index in [2.05, 4.69) is 22.2 Å². The fraction of sp³-hybridized carbons (Fsp3) is 0.200. The molecule has 16 heavy (non-hydrogen) atoms. The Labute approximate surface area is 97.3 Å². The van der Waals surface area contributed by atoms with Gasteiger partial charge in [0.15, 0.2) is 10.8 Å². The molecule has 0 radical (unpaired) electrons. The third kappa shape index (κ3) is 3.05. The van der Waals surface area contributed by atoms with Crippen LogP contribution in [0.3, 0.4) is 0 Å². The predicted octanol–water partition coefficient (Wildman–Crippen LogP) is 2.68. The molecule has 1 N–H and O–H groups in total. The molecule has 0 bridgehead atoms. The summed E-state index contributed by atoms with van der Waals surface area (Å²) < 4.78 is 0. The van der Waals surface area contributed by atoms with Gasteiger partial charge in [0.2, 0.25) is 0 Å². The van der Waals surface area contributed by atoms with Gasteiger partial charge in [-0.2, -0.15) is 0 Å². The van der Waals surface area contributed by atoms with Crippen molar-refractivity contribution in [1.82, 2.24) is 0 Å². The first-order chi connectivity index (χ1) is 7.66. The molecule has 0 saturated heterocycles. The summed E-state index contributed by atoms with van der Waals surface area (Å²) in [5, 5.41) is 12.0. The number of aliphatic hydroxyl groups excluding tert-OH is 1. The molecule has 1 atom stereocenters. The highest BCUT2D eigenvalue weighted by Gasteiger charge is 2.23. The second-order valence-electron chi connectivity index (χ2n) is 3.03. The van der Waals surface area contributed by atoms with Gasteiger partial charge in [-0.1, -0.05) is 35.4 Å². The van der Waals surface area contributed by atoms with Crippen molar-refractivity contribution in [2.24, 2.45) is 11.0 Å². The van der Waals surface area contributed by atoms with E-state index in [1.807, 2.05) is 0 Å². The molecule has 0 spiro atoms. The van der Waals surface area contributed by atoms with Gasteiger partial charge in [0.25, 0.3) is 0 Å². The van der Waals surface area contributed by atoms with Crippen molar-refractivity contribution >= 4 is 23.1 Å². The molecular weight excluding hydrogens is 226 g/mol. The maximum absolute atomic E-state index is 11.9. The predicted molar refractivity (Wildman–Crippen MR) is 63.5 cm³/mol. The van der Waals surface area contributed by atoms with Gasteiger partial charge in [-0.25, -0.2) is 0 Å². The van der Waals surface area contributed by atoms with Gasteiger partial charge in [0.1, 0.15) is 0 Å². The lowest BCUT2D eigenvalue weighted by Gasteiger charge is -2.09. The van der Waals surface area contributed by atoms with Crippen LogP contribution in [0.15, 0.2) is 35.4 Å². The van der Waals surface area contributed by atoms with Gasteiger partial charge >= 0.3 is 0 Å². The summed E-state index contributed by atoms with van der Waals surface area (Å²) in [5.41, 5.74) is 8.60. The molecule has 1 rings (SSSR count). The van der Waals surface area contributed by atoms with E-state index in [4.69, 9.17) is 5.53 Å². The highest BCUT2D eigenvalue weighted by molar-refractivity contribution is 7.80. The van der Waals surface area contributed by atoms with Gasteiger partial charge in [0.05, 0.1) is 5.92 Å². The summed E-state index contributed by atoms with van der Waals surface area (Å²) in [5.74, 6) is -1.30. The van der Waals surface area contributed by atoms with Crippen molar-refractivity contribution in [2.45, 2.75) is 0 Å². The van der Waals surface area contributed by atoms with Crippen LogP contribution in [0.4, 0.5) is 0 Å². The molecule has 1 aromatic carbocycles. The van der Waals surface area contributed by atoms with Gasteiger partial charge in [-0.15, -0.1) is 0 Å². The molecule has 82 valence electrons. The fourth-order valence-corrected chi connectivity index (χ4v) is 1.38. The van der Waals surface area contributed by atoms with Crippen molar-refractivity contribution in [3.63, 3.8) is 0 Å². The van der Waals surface area contributed by atoms with E-state index in [0.29, 0.717) is 5.56 Å². The second-order valence-corrected chi connectivity index (χ2v) is 3.45. The van der Waals surface area contributed by atoms with Crippen molar-refractivity contribution in [3.8, 4) is 0 Å². The van der Waals surface area contributed by atoms with Crippen LogP contribution in [0.2, 0.25) is 0 Å². The number of ketones is 1. The average molecular weight is 235 g/mol. The molecular formula is C10H9N3O2S. The Bertz CT molecular complexity index is 441. The highest BCUT2D eigenvalue weighted by atomic mass is 32.1. The average Bonchev–Trinajstić information content (AvgIpc) is 2.30. The molecule has 5 nitrogen and oxygen atoms in total. The number of carbonyl (C=O) groups is 1. The Morgan fingerprint density at radius 1 is 1.50 bits per heavy atom. The van der Waals surface area contributed by atoms with Crippen LogP contribution in [0.1, 0.15) is 10.4 Å². The normalized spacial score (nSPS) is 11.2. The largest absolute Gasteiger partial charge is 0.501 e. The van der Waals surface area contributed by atoms with Crippen LogP contribution in [0.5, 0.6) is 0 Å². The van der Waals surface area contributed by atoms with E-state index in [9.17, 15) is 9.90 Å². The second kappa shape index (κ2) is 5.85. The topological polar surface area (TPSA) is 86.1 Å². The molecule has 0 aliphatic rings. The first kappa shape index (κ1) is 12.2. The number of carbonyl (C=O) groups excluding carboxylic acids is 1. The number of Topliss-reactive ketones (excluding diaryl/α,β-unsaturated/α-hetero) is 1. The van der Waals surface area contributed by atoms with E-state index in [1.165, 1.54) is 0 Å². The lowest BCUT2D eigenvalue weighted by atomic mass is 9.98. The van der Waals surface area contributed by atoms with Crippen LogP contribution < -0.4 is 0 Å². The zero-order chi connectivity index (χ0) is 12.0. The minimum atomic E-state index is -0.951. The van der Waals surface area contributed by atoms with Crippen LogP contribution in [0, 0.1) is 5.92 Å². The Kier molecular flexibility index (Phi) is 4.44. The first-order valence-corrected chi connectivity index (χ1v) is 4.90. The number of hydrogen-bond acceptors (Lipinski definition) is 3. The van der Waals surface area contributed by atoms with Gasteiger partial charge in [0, 0.05) is 17.0 Å². The number of hydrogen-bond donors (Lipinski definition) is 1. The zero-order valence-electron chi connectivity index (χ0n) is 8.28. The van der Waals surface area contributed by atoms with Gasteiger partial charge in [-0.05, 0) is 17.7 Å². The minimum absolute atomic E-state index is 0.167. The summed E-state index contributed by atoms with van der Waals surface area (Å²) in [4.78, 5) is 14.4. The standard InChI is InChI=1S/C10H9N3O2S/c11-13-12-6-8(10(15)16)9(14)7-4-2-1-3-5-7/h1-5,8H,6H2,(H,15,16). The number of rotatable bonds is 5. The van der Waals surface area contributed by atoms with E-state index in [1.54, 1.807) is 30.3 Å². The van der Waals surface area contributed by atoms with Crippen LogP contribution in [0.25, 0.3) is 10.4 Å². The van der Waals surface area contributed by atoms with E-state index < -0.39 is 11.0 Å². The van der Waals surface area contributed by atoms with E-state index >= 15 is 0 Å². The van der Waals surface area contributed by atoms with Crippen molar-refractivity contribution in [2.75, 3.05) is 6.54 Å². The van der Waals surface area contributed by atoms with Crippen molar-refractivity contribution in [1.29, 1.82) is 0 Å². The Hall–Kier alpha value is -1.91. The molecule has 0 amide bonds. The summed E-state index contributed by atoms with van der Waals surface area (Å²) in [6.45, 7) is -0.167. The summed E-state index contributed by atoms with van der Waals surface area (Å²) in [6.07, 6.45) is 0. The lowest BCUT2D eigenvalue weighted by Crippen LogP contribution is -2.25. The number of benzene rings is 1. The van der Waals surface area contributed by atoms with Gasteiger partial charge in [-0.3, -0.25) is 4.79 Å². The van der Waals surface area contributed by atoms with Crippen molar-refractivity contribution in [3.05, 3.63) is 46.3 Å². The molecule has 1 unspecified atom stereocenters. The maximum atomic E-state index is 11.9. The quantitative estimate of drug-likeness (QED) is 0.280. The number of nitrogens with zero attached hydrogens (tertiary/aromatic N) is 3. The molecule has 0 aliphatic heterocycles. The molecule has 6 heteroatoms. The van der Waals surface area contributed by atoms with Crippen LogP contribution in [-0.2, 0) is 0 Å². The van der Waals surface area contributed by atoms with Crippen LogP contribution >= 0.6 is 12.2 Å². The Balaban J connectivity index is 2.91. The number of thiocarbonyl (C=S) groups is 1. The molecule has 0 saturated carbocycles. The number of aliphatic hydroxyl groups is 1. The third-order valence-corrected chi connectivity index (χ3v) is 2.28. The summed E-state index contributed by atoms with van der Waals surface area (Å²) >= 11 is 4.56. The minimum Gasteiger partial charge on any atom is -0.501 e. The van der Waals surface area contributed by atoms with Gasteiger partial charge < -0.3 is 5.11 Å². The summed E-state index contributed by atoms with van der Waals surface area (Å²) in [7, 11) is 0.